The standard InChI is InChI=1S/C15H21IN2O/c1-11-5-3-7-13(14(11)16)15(19)18(2)12-6-4-9-17-10-8-12/h3,5,7,12,17H,4,6,8-10H2,1-2H3. The second kappa shape index (κ2) is 6.70. The van der Waals surface area contributed by atoms with Crippen LogP contribution in [0.15, 0.2) is 18.2 Å². The first-order chi connectivity index (χ1) is 9.11. The fraction of sp³-hybridized carbons (Fsp3) is 0.533. The molecule has 4 heteroatoms. The number of hydrogen-bond donors (Lipinski definition) is 1. The summed E-state index contributed by atoms with van der Waals surface area (Å²) in [6.45, 7) is 4.13. The summed E-state index contributed by atoms with van der Waals surface area (Å²) in [4.78, 5) is 14.6. The van der Waals surface area contributed by atoms with Crippen molar-refractivity contribution in [3.63, 3.8) is 0 Å². The minimum atomic E-state index is 0.153. The van der Waals surface area contributed by atoms with Gasteiger partial charge >= 0.3 is 0 Å². The molecular formula is C15H21IN2O. The lowest BCUT2D eigenvalue weighted by Gasteiger charge is -2.27. The summed E-state index contributed by atoms with van der Waals surface area (Å²) in [5.41, 5.74) is 2.00. The summed E-state index contributed by atoms with van der Waals surface area (Å²) in [7, 11) is 1.94. The van der Waals surface area contributed by atoms with E-state index in [-0.39, 0.29) is 5.91 Å². The van der Waals surface area contributed by atoms with Gasteiger partial charge < -0.3 is 10.2 Å². The fourth-order valence-electron chi connectivity index (χ4n) is 2.56. The molecule has 0 aromatic heterocycles. The van der Waals surface area contributed by atoms with E-state index in [4.69, 9.17) is 0 Å². The molecule has 0 radical (unpaired) electrons. The van der Waals surface area contributed by atoms with Crippen LogP contribution in [0.1, 0.15) is 35.2 Å². The van der Waals surface area contributed by atoms with Crippen LogP contribution >= 0.6 is 22.6 Å². The van der Waals surface area contributed by atoms with Gasteiger partial charge in [-0.05, 0) is 73.5 Å². The van der Waals surface area contributed by atoms with Crippen molar-refractivity contribution in [2.24, 2.45) is 0 Å². The second-order valence-electron chi connectivity index (χ2n) is 5.19. The lowest BCUT2D eigenvalue weighted by Crippen LogP contribution is -2.38. The van der Waals surface area contributed by atoms with Crippen LogP contribution in [0.4, 0.5) is 0 Å². The number of halogens is 1. The van der Waals surface area contributed by atoms with Crippen molar-refractivity contribution < 1.29 is 4.79 Å². The van der Waals surface area contributed by atoms with Crippen LogP contribution in [0.25, 0.3) is 0 Å². The molecule has 1 aromatic carbocycles. The zero-order chi connectivity index (χ0) is 13.8. The minimum Gasteiger partial charge on any atom is -0.339 e. The summed E-state index contributed by atoms with van der Waals surface area (Å²) >= 11 is 2.27. The quantitative estimate of drug-likeness (QED) is 0.810. The van der Waals surface area contributed by atoms with Gasteiger partial charge in [0.05, 0.1) is 5.56 Å². The molecule has 1 heterocycles. The van der Waals surface area contributed by atoms with Crippen LogP contribution in [-0.4, -0.2) is 37.0 Å². The Hall–Kier alpha value is -0.620. The maximum atomic E-state index is 12.6. The number of carbonyl (C=O) groups is 1. The van der Waals surface area contributed by atoms with Crippen molar-refractivity contribution in [3.8, 4) is 0 Å². The molecule has 104 valence electrons. The number of nitrogens with one attached hydrogen (secondary N) is 1. The molecule has 1 unspecified atom stereocenters. The molecule has 1 aliphatic rings. The molecule has 0 bridgehead atoms. The summed E-state index contributed by atoms with van der Waals surface area (Å²) in [6.07, 6.45) is 3.29. The van der Waals surface area contributed by atoms with Crippen LogP contribution in [0, 0.1) is 10.5 Å². The third-order valence-corrected chi connectivity index (χ3v) is 5.27. The van der Waals surface area contributed by atoms with Crippen molar-refractivity contribution in [2.45, 2.75) is 32.2 Å². The van der Waals surface area contributed by atoms with Crippen LogP contribution in [0.2, 0.25) is 0 Å². The third-order valence-electron chi connectivity index (χ3n) is 3.84. The van der Waals surface area contributed by atoms with E-state index >= 15 is 0 Å². The monoisotopic (exact) mass is 372 g/mol. The number of amides is 1. The van der Waals surface area contributed by atoms with Crippen LogP contribution in [0.5, 0.6) is 0 Å². The number of benzene rings is 1. The van der Waals surface area contributed by atoms with Gasteiger partial charge in [0.2, 0.25) is 0 Å². The van der Waals surface area contributed by atoms with E-state index in [1.807, 2.05) is 37.1 Å². The van der Waals surface area contributed by atoms with E-state index in [9.17, 15) is 4.79 Å². The van der Waals surface area contributed by atoms with E-state index in [2.05, 4.69) is 27.9 Å². The van der Waals surface area contributed by atoms with Gasteiger partial charge in [-0.3, -0.25) is 4.79 Å². The maximum Gasteiger partial charge on any atom is 0.254 e. The van der Waals surface area contributed by atoms with E-state index in [1.165, 1.54) is 5.56 Å². The lowest BCUT2D eigenvalue weighted by atomic mass is 10.1. The largest absolute Gasteiger partial charge is 0.339 e. The predicted molar refractivity (Wildman–Crippen MR) is 86.5 cm³/mol. The maximum absolute atomic E-state index is 12.6. The molecule has 2 rings (SSSR count). The average molecular weight is 372 g/mol. The number of rotatable bonds is 2. The molecule has 1 aromatic rings. The van der Waals surface area contributed by atoms with E-state index in [0.29, 0.717) is 6.04 Å². The molecule has 1 N–H and O–H groups in total. The topological polar surface area (TPSA) is 32.3 Å². The Morgan fingerprint density at radius 3 is 2.95 bits per heavy atom. The molecule has 1 aliphatic heterocycles. The normalized spacial score (nSPS) is 19.8. The third kappa shape index (κ3) is 3.48. The van der Waals surface area contributed by atoms with Gasteiger partial charge in [-0.25, -0.2) is 0 Å². The van der Waals surface area contributed by atoms with Gasteiger partial charge in [-0.1, -0.05) is 12.1 Å². The Bertz CT molecular complexity index is 453. The van der Waals surface area contributed by atoms with E-state index < -0.39 is 0 Å². The van der Waals surface area contributed by atoms with Gasteiger partial charge in [-0.15, -0.1) is 0 Å². The van der Waals surface area contributed by atoms with Gasteiger partial charge in [0.15, 0.2) is 0 Å². The first-order valence-electron chi connectivity index (χ1n) is 6.84. The van der Waals surface area contributed by atoms with Crippen molar-refractivity contribution in [1.29, 1.82) is 0 Å². The highest BCUT2D eigenvalue weighted by atomic mass is 127. The van der Waals surface area contributed by atoms with Crippen molar-refractivity contribution in [3.05, 3.63) is 32.9 Å². The first-order valence-corrected chi connectivity index (χ1v) is 7.92. The van der Waals surface area contributed by atoms with Crippen LogP contribution < -0.4 is 5.32 Å². The molecule has 0 spiro atoms. The Balaban J connectivity index is 2.15. The first kappa shape index (κ1) is 14.8. The molecule has 0 aliphatic carbocycles. The van der Waals surface area contributed by atoms with Crippen molar-refractivity contribution in [1.82, 2.24) is 10.2 Å². The zero-order valence-corrected chi connectivity index (χ0v) is 13.7. The molecule has 1 amide bonds. The molecule has 0 saturated carbocycles. The Labute approximate surface area is 128 Å². The number of nitrogens with zero attached hydrogens (tertiary/aromatic N) is 1. The molecule has 1 atom stereocenters. The Morgan fingerprint density at radius 1 is 1.37 bits per heavy atom. The highest BCUT2D eigenvalue weighted by Gasteiger charge is 2.23. The summed E-state index contributed by atoms with van der Waals surface area (Å²) in [5.74, 6) is 0.153. The number of aryl methyl sites for hydroxylation is 1. The van der Waals surface area contributed by atoms with Crippen LogP contribution in [0.3, 0.4) is 0 Å². The molecule has 19 heavy (non-hydrogen) atoms. The second-order valence-corrected chi connectivity index (χ2v) is 6.27. The lowest BCUT2D eigenvalue weighted by molar-refractivity contribution is 0.0719. The van der Waals surface area contributed by atoms with Gasteiger partial charge in [0.25, 0.3) is 5.91 Å². The van der Waals surface area contributed by atoms with Gasteiger partial charge in [0, 0.05) is 16.7 Å². The smallest absolute Gasteiger partial charge is 0.254 e. The minimum absolute atomic E-state index is 0.153. The van der Waals surface area contributed by atoms with Gasteiger partial charge in [-0.2, -0.15) is 0 Å². The average Bonchev–Trinajstić information content (AvgIpc) is 2.69. The van der Waals surface area contributed by atoms with Crippen LogP contribution in [-0.2, 0) is 0 Å². The molecule has 1 fully saturated rings. The summed E-state index contributed by atoms with van der Waals surface area (Å²) < 4.78 is 1.07. The van der Waals surface area contributed by atoms with Gasteiger partial charge in [0.1, 0.15) is 0 Å². The predicted octanol–water partition coefficient (Wildman–Crippen LogP) is 2.81. The van der Waals surface area contributed by atoms with Crippen molar-refractivity contribution in [2.75, 3.05) is 20.1 Å². The van der Waals surface area contributed by atoms with E-state index in [0.717, 1.165) is 41.5 Å². The molecule has 1 saturated heterocycles. The highest BCUT2D eigenvalue weighted by Crippen LogP contribution is 2.21. The molecule has 3 nitrogen and oxygen atoms in total. The van der Waals surface area contributed by atoms with Crippen molar-refractivity contribution >= 4 is 28.5 Å². The number of hydrogen-bond acceptors (Lipinski definition) is 2. The van der Waals surface area contributed by atoms with E-state index in [1.54, 1.807) is 0 Å². The Morgan fingerprint density at radius 2 is 2.16 bits per heavy atom. The summed E-state index contributed by atoms with van der Waals surface area (Å²) in [5, 5.41) is 3.39. The molecular weight excluding hydrogens is 351 g/mol. The fourth-order valence-corrected chi connectivity index (χ4v) is 3.15. The summed E-state index contributed by atoms with van der Waals surface area (Å²) in [6, 6.07) is 6.31. The highest BCUT2D eigenvalue weighted by molar-refractivity contribution is 14.1. The number of carbonyl (C=O) groups excluding carboxylic acids is 1. The SMILES string of the molecule is Cc1cccc(C(=O)N(C)C2CCCNCC2)c1I. The Kier molecular flexibility index (Phi) is 5.21. The zero-order valence-electron chi connectivity index (χ0n) is 11.6.